The summed E-state index contributed by atoms with van der Waals surface area (Å²) in [5.41, 5.74) is -5.27. The molecule has 0 aliphatic carbocycles. The Hall–Kier alpha value is -0.340. The van der Waals surface area contributed by atoms with Crippen molar-refractivity contribution in [2.45, 2.75) is 18.3 Å². The van der Waals surface area contributed by atoms with E-state index in [-0.39, 0.29) is 17.6 Å². The Morgan fingerprint density at radius 2 is 1.85 bits per heavy atom. The predicted molar refractivity (Wildman–Crippen MR) is 36.9 cm³/mol. The quantitative estimate of drug-likeness (QED) is 0.657. The number of alkyl halides is 3. The zero-order valence-electron chi connectivity index (χ0n) is 6.54. The highest BCUT2D eigenvalue weighted by Gasteiger charge is 2.51. The van der Waals surface area contributed by atoms with Gasteiger partial charge in [-0.2, -0.15) is 13.2 Å². The lowest BCUT2D eigenvalue weighted by molar-refractivity contribution is -0.130. The number of nitrogens with zero attached hydrogens (tertiary/aromatic N) is 1. The Bertz CT molecular complexity index is 267. The van der Waals surface area contributed by atoms with Crippen molar-refractivity contribution < 1.29 is 26.4 Å². The molecule has 0 aromatic carbocycles. The molecule has 0 N–H and O–H groups in total. The van der Waals surface area contributed by atoms with Gasteiger partial charge in [0.05, 0.1) is 6.61 Å². The normalized spacial score (nSPS) is 21.8. The van der Waals surface area contributed by atoms with Gasteiger partial charge in [0.1, 0.15) is 0 Å². The fourth-order valence-electron chi connectivity index (χ4n) is 0.879. The largest absolute Gasteiger partial charge is 0.513 e. The summed E-state index contributed by atoms with van der Waals surface area (Å²) < 4.78 is 57.1. The molecule has 0 radical (unpaired) electrons. The first kappa shape index (κ1) is 10.7. The minimum Gasteiger partial charge on any atom is -0.284 e. The Balaban J connectivity index is 2.80. The van der Waals surface area contributed by atoms with E-state index in [1.807, 2.05) is 0 Å². The van der Waals surface area contributed by atoms with Gasteiger partial charge in [-0.3, -0.25) is 4.84 Å². The minimum absolute atomic E-state index is 0.00924. The molecule has 0 bridgehead atoms. The molecule has 0 unspecified atom stereocenters. The maximum absolute atomic E-state index is 11.9. The van der Waals surface area contributed by atoms with Crippen LogP contribution >= 0.6 is 0 Å². The summed E-state index contributed by atoms with van der Waals surface area (Å²) in [5, 5.41) is 0. The molecule has 1 aliphatic rings. The number of hydroxylamine groups is 1. The summed E-state index contributed by atoms with van der Waals surface area (Å²) >= 11 is 0. The maximum atomic E-state index is 11.9. The number of halogens is 3. The highest BCUT2D eigenvalue weighted by molar-refractivity contribution is 7.89. The zero-order chi connectivity index (χ0) is 10.1. The van der Waals surface area contributed by atoms with Crippen LogP contribution in [0.1, 0.15) is 12.8 Å². The Morgan fingerprint density at radius 1 is 1.23 bits per heavy atom. The van der Waals surface area contributed by atoms with E-state index in [4.69, 9.17) is 0 Å². The van der Waals surface area contributed by atoms with Crippen LogP contribution in [-0.2, 0) is 14.9 Å². The maximum Gasteiger partial charge on any atom is 0.513 e. The van der Waals surface area contributed by atoms with Crippen molar-refractivity contribution in [2.24, 2.45) is 0 Å². The third-order valence-corrected chi connectivity index (χ3v) is 2.94. The first-order valence-corrected chi connectivity index (χ1v) is 5.01. The molecular weight excluding hydrogens is 211 g/mol. The summed E-state index contributed by atoms with van der Waals surface area (Å²) in [6.07, 6.45) is 0.958. The summed E-state index contributed by atoms with van der Waals surface area (Å²) in [5.74, 6) is 0. The molecule has 13 heavy (non-hydrogen) atoms. The van der Waals surface area contributed by atoms with Gasteiger partial charge >= 0.3 is 15.5 Å². The van der Waals surface area contributed by atoms with Gasteiger partial charge in [-0.1, -0.05) is 4.47 Å². The van der Waals surface area contributed by atoms with Crippen LogP contribution in [0.2, 0.25) is 0 Å². The second-order valence-electron chi connectivity index (χ2n) is 2.52. The molecule has 1 rings (SSSR count). The van der Waals surface area contributed by atoms with E-state index >= 15 is 0 Å². The van der Waals surface area contributed by atoms with E-state index < -0.39 is 15.5 Å². The van der Waals surface area contributed by atoms with E-state index in [0.29, 0.717) is 12.8 Å². The predicted octanol–water partition coefficient (Wildman–Crippen LogP) is 0.863. The molecule has 0 aromatic heterocycles. The van der Waals surface area contributed by atoms with Crippen LogP contribution in [0, 0.1) is 0 Å². The molecule has 0 spiro atoms. The summed E-state index contributed by atoms with van der Waals surface area (Å²) in [6, 6.07) is 0. The molecule has 0 atom stereocenters. The van der Waals surface area contributed by atoms with Gasteiger partial charge < -0.3 is 0 Å². The van der Waals surface area contributed by atoms with Crippen LogP contribution in [0.4, 0.5) is 13.2 Å². The van der Waals surface area contributed by atoms with Crippen molar-refractivity contribution in [1.82, 2.24) is 4.47 Å². The highest BCUT2D eigenvalue weighted by atomic mass is 32.2. The van der Waals surface area contributed by atoms with E-state index in [1.54, 1.807) is 0 Å². The number of sulfonamides is 1. The monoisotopic (exact) mass is 219 g/mol. The number of hydrogen-bond acceptors (Lipinski definition) is 3. The third-order valence-electron chi connectivity index (χ3n) is 1.53. The summed E-state index contributed by atoms with van der Waals surface area (Å²) in [6.45, 7) is -0.225. The minimum atomic E-state index is -5.29. The lowest BCUT2D eigenvalue weighted by Crippen LogP contribution is -2.43. The van der Waals surface area contributed by atoms with E-state index in [0.717, 1.165) is 0 Å². The van der Waals surface area contributed by atoms with Crippen LogP contribution < -0.4 is 0 Å². The second-order valence-corrected chi connectivity index (χ2v) is 4.34. The van der Waals surface area contributed by atoms with Gasteiger partial charge in [0.25, 0.3) is 0 Å². The van der Waals surface area contributed by atoms with Gasteiger partial charge in [0, 0.05) is 6.54 Å². The first-order chi connectivity index (χ1) is 5.86. The Labute approximate surface area is 73.3 Å². The standard InChI is InChI=1S/C5H8F3NO3S/c6-5(7,8)13(10,11)9-3-1-2-4-12-9/h1-4H2. The van der Waals surface area contributed by atoms with E-state index in [2.05, 4.69) is 4.84 Å². The summed E-state index contributed by atoms with van der Waals surface area (Å²) in [4.78, 5) is 4.39. The average molecular weight is 219 g/mol. The Kier molecular flexibility index (Phi) is 2.83. The lowest BCUT2D eigenvalue weighted by Gasteiger charge is -2.25. The third kappa shape index (κ3) is 2.12. The first-order valence-electron chi connectivity index (χ1n) is 3.57. The number of hydrogen-bond donors (Lipinski definition) is 0. The van der Waals surface area contributed by atoms with Gasteiger partial charge in [0.2, 0.25) is 0 Å². The van der Waals surface area contributed by atoms with Crippen molar-refractivity contribution in [2.75, 3.05) is 13.2 Å². The van der Waals surface area contributed by atoms with Crippen molar-refractivity contribution in [3.8, 4) is 0 Å². The van der Waals surface area contributed by atoms with Gasteiger partial charge in [-0.15, -0.1) is 0 Å². The molecule has 1 heterocycles. The molecule has 0 amide bonds. The van der Waals surface area contributed by atoms with Crippen LogP contribution in [0.3, 0.4) is 0 Å². The molecule has 1 saturated heterocycles. The smallest absolute Gasteiger partial charge is 0.284 e. The van der Waals surface area contributed by atoms with Crippen LogP contribution in [0.15, 0.2) is 0 Å². The average Bonchev–Trinajstić information content (AvgIpc) is 2.04. The Morgan fingerprint density at radius 3 is 2.23 bits per heavy atom. The summed E-state index contributed by atoms with van der Waals surface area (Å²) in [7, 11) is -5.29. The van der Waals surface area contributed by atoms with Crippen LogP contribution in [0.25, 0.3) is 0 Å². The van der Waals surface area contributed by atoms with E-state index in [1.165, 1.54) is 0 Å². The van der Waals surface area contributed by atoms with Crippen molar-refractivity contribution in [1.29, 1.82) is 0 Å². The van der Waals surface area contributed by atoms with Gasteiger partial charge in [-0.25, -0.2) is 8.42 Å². The highest BCUT2D eigenvalue weighted by Crippen LogP contribution is 2.28. The SMILES string of the molecule is O=S(=O)(N1CCCCO1)C(F)(F)F. The molecule has 4 nitrogen and oxygen atoms in total. The van der Waals surface area contributed by atoms with Crippen molar-refractivity contribution in [3.05, 3.63) is 0 Å². The number of rotatable bonds is 1. The lowest BCUT2D eigenvalue weighted by atomic mass is 10.3. The van der Waals surface area contributed by atoms with E-state index in [9.17, 15) is 21.6 Å². The molecule has 1 aliphatic heterocycles. The molecular formula is C5H8F3NO3S. The molecule has 1 fully saturated rings. The second kappa shape index (κ2) is 3.43. The molecule has 0 saturated carbocycles. The fourth-order valence-corrected chi connectivity index (χ4v) is 1.69. The fraction of sp³-hybridized carbons (Fsp3) is 1.00. The molecule has 0 aromatic rings. The topological polar surface area (TPSA) is 46.6 Å². The van der Waals surface area contributed by atoms with Gasteiger partial charge in [0.15, 0.2) is 0 Å². The molecule has 8 heteroatoms. The van der Waals surface area contributed by atoms with Crippen molar-refractivity contribution in [3.63, 3.8) is 0 Å². The van der Waals surface area contributed by atoms with Crippen LogP contribution in [0.5, 0.6) is 0 Å². The van der Waals surface area contributed by atoms with Crippen LogP contribution in [-0.4, -0.2) is 31.5 Å². The van der Waals surface area contributed by atoms with Crippen molar-refractivity contribution >= 4 is 10.0 Å². The molecule has 78 valence electrons. The zero-order valence-corrected chi connectivity index (χ0v) is 7.36. The van der Waals surface area contributed by atoms with Gasteiger partial charge in [-0.05, 0) is 12.8 Å².